The van der Waals surface area contributed by atoms with Crippen LogP contribution in [0.25, 0.3) is 0 Å². The highest BCUT2D eigenvalue weighted by atomic mass is 16.5. The number of ether oxygens (including phenoxy) is 2. The second-order valence-electron chi connectivity index (χ2n) is 7.23. The minimum Gasteiger partial charge on any atom is -0.463 e. The predicted octanol–water partition coefficient (Wildman–Crippen LogP) is 3.13. The van der Waals surface area contributed by atoms with Crippen molar-refractivity contribution in [2.75, 3.05) is 13.2 Å². The maximum absolute atomic E-state index is 11.3. The van der Waals surface area contributed by atoms with Gasteiger partial charge in [-0.3, -0.25) is 0 Å². The summed E-state index contributed by atoms with van der Waals surface area (Å²) in [5, 5.41) is 0. The summed E-state index contributed by atoms with van der Waals surface area (Å²) in [6.07, 6.45) is 8.45. The molecule has 3 aliphatic rings. The summed E-state index contributed by atoms with van der Waals surface area (Å²) in [6.45, 7) is 7.90. The van der Waals surface area contributed by atoms with Gasteiger partial charge in [0.2, 0.25) is 0 Å². The smallest absolute Gasteiger partial charge is 0.330 e. The summed E-state index contributed by atoms with van der Waals surface area (Å²) >= 11 is 0. The molecule has 3 saturated carbocycles. The first kappa shape index (κ1) is 16.3. The molecule has 0 aromatic heterocycles. The lowest BCUT2D eigenvalue weighted by Crippen LogP contribution is -2.31. The first-order valence-corrected chi connectivity index (χ1v) is 8.72. The molecule has 3 aliphatic carbocycles. The fourth-order valence-corrected chi connectivity index (χ4v) is 5.53. The fraction of sp³-hybridized carbons (Fsp3) is 0.684. The topological polar surface area (TPSA) is 52.6 Å². The van der Waals surface area contributed by atoms with Crippen LogP contribution in [0.3, 0.4) is 0 Å². The van der Waals surface area contributed by atoms with E-state index >= 15 is 0 Å². The van der Waals surface area contributed by atoms with Gasteiger partial charge in [-0.25, -0.2) is 9.59 Å². The molecule has 4 heteroatoms. The van der Waals surface area contributed by atoms with Gasteiger partial charge in [-0.1, -0.05) is 13.2 Å². The van der Waals surface area contributed by atoms with Crippen molar-refractivity contribution in [2.45, 2.75) is 32.1 Å². The highest BCUT2D eigenvalue weighted by Crippen LogP contribution is 2.63. The molecule has 0 amide bonds. The van der Waals surface area contributed by atoms with E-state index in [2.05, 4.69) is 13.2 Å². The maximum atomic E-state index is 11.3. The SMILES string of the molecule is C=CC(=O)OCCC1CCC2C3CC(COC(=O)C=C)C(C3)C12. The molecule has 126 valence electrons. The third kappa shape index (κ3) is 3.22. The Morgan fingerprint density at radius 2 is 1.70 bits per heavy atom. The molecular formula is C19H26O4. The van der Waals surface area contributed by atoms with Crippen molar-refractivity contribution in [1.82, 2.24) is 0 Å². The van der Waals surface area contributed by atoms with Crippen LogP contribution in [0.2, 0.25) is 0 Å². The van der Waals surface area contributed by atoms with Gasteiger partial charge in [0.1, 0.15) is 0 Å². The van der Waals surface area contributed by atoms with Crippen molar-refractivity contribution in [2.24, 2.45) is 35.5 Å². The average Bonchev–Trinajstić information content (AvgIpc) is 3.24. The summed E-state index contributed by atoms with van der Waals surface area (Å²) in [5.74, 6) is 3.54. The van der Waals surface area contributed by atoms with Crippen molar-refractivity contribution >= 4 is 11.9 Å². The fourth-order valence-electron chi connectivity index (χ4n) is 5.53. The van der Waals surface area contributed by atoms with Crippen LogP contribution in [0, 0.1) is 35.5 Å². The van der Waals surface area contributed by atoms with Crippen LogP contribution in [0.5, 0.6) is 0 Å². The highest BCUT2D eigenvalue weighted by Gasteiger charge is 2.56. The Balaban J connectivity index is 1.54. The summed E-state index contributed by atoms with van der Waals surface area (Å²) in [4.78, 5) is 22.5. The van der Waals surface area contributed by atoms with E-state index in [-0.39, 0.29) is 11.9 Å². The molecule has 0 spiro atoms. The van der Waals surface area contributed by atoms with Crippen molar-refractivity contribution in [3.8, 4) is 0 Å². The van der Waals surface area contributed by atoms with Crippen LogP contribution in [-0.2, 0) is 19.1 Å². The van der Waals surface area contributed by atoms with Gasteiger partial charge < -0.3 is 9.47 Å². The summed E-state index contributed by atoms with van der Waals surface area (Å²) in [5.41, 5.74) is 0. The van der Waals surface area contributed by atoms with Gasteiger partial charge in [0.25, 0.3) is 0 Å². The van der Waals surface area contributed by atoms with Gasteiger partial charge in [0.15, 0.2) is 0 Å². The summed E-state index contributed by atoms with van der Waals surface area (Å²) < 4.78 is 10.5. The number of esters is 2. The first-order valence-electron chi connectivity index (χ1n) is 8.72. The van der Waals surface area contributed by atoms with E-state index < -0.39 is 0 Å². The molecule has 0 saturated heterocycles. The van der Waals surface area contributed by atoms with Gasteiger partial charge in [-0.15, -0.1) is 0 Å². The maximum Gasteiger partial charge on any atom is 0.330 e. The number of rotatable bonds is 7. The lowest BCUT2D eigenvalue weighted by molar-refractivity contribution is -0.140. The summed E-state index contributed by atoms with van der Waals surface area (Å²) in [7, 11) is 0. The minimum atomic E-state index is -0.332. The molecule has 6 unspecified atom stereocenters. The van der Waals surface area contributed by atoms with Crippen LogP contribution in [0.15, 0.2) is 25.3 Å². The van der Waals surface area contributed by atoms with Crippen LogP contribution in [-0.4, -0.2) is 25.2 Å². The molecule has 3 rings (SSSR count). The van der Waals surface area contributed by atoms with E-state index in [9.17, 15) is 9.59 Å². The van der Waals surface area contributed by atoms with Crippen LogP contribution in [0.4, 0.5) is 0 Å². The molecule has 0 aromatic carbocycles. The second-order valence-corrected chi connectivity index (χ2v) is 7.23. The molecule has 4 nitrogen and oxygen atoms in total. The zero-order valence-electron chi connectivity index (χ0n) is 13.6. The Morgan fingerprint density at radius 3 is 2.43 bits per heavy atom. The lowest BCUT2D eigenvalue weighted by Gasteiger charge is -2.34. The molecule has 0 heterocycles. The van der Waals surface area contributed by atoms with Gasteiger partial charge in [0, 0.05) is 12.2 Å². The average molecular weight is 318 g/mol. The minimum absolute atomic E-state index is 0.316. The predicted molar refractivity (Wildman–Crippen MR) is 86.3 cm³/mol. The molecule has 0 aromatic rings. The van der Waals surface area contributed by atoms with Gasteiger partial charge in [-0.2, -0.15) is 0 Å². The third-order valence-electron chi connectivity index (χ3n) is 6.30. The Labute approximate surface area is 137 Å². The van der Waals surface area contributed by atoms with E-state index in [4.69, 9.17) is 9.47 Å². The molecule has 2 bridgehead atoms. The normalized spacial score (nSPS) is 37.2. The van der Waals surface area contributed by atoms with Crippen molar-refractivity contribution in [1.29, 1.82) is 0 Å². The number of carbonyl (C=O) groups is 2. The Bertz CT molecular complexity index is 498. The summed E-state index contributed by atoms with van der Waals surface area (Å²) in [6, 6.07) is 0. The van der Waals surface area contributed by atoms with Gasteiger partial charge in [0.05, 0.1) is 13.2 Å². The number of hydrogen-bond acceptors (Lipinski definition) is 4. The van der Waals surface area contributed by atoms with Crippen molar-refractivity contribution < 1.29 is 19.1 Å². The zero-order chi connectivity index (χ0) is 16.4. The molecule has 0 N–H and O–H groups in total. The highest BCUT2D eigenvalue weighted by molar-refractivity contribution is 5.81. The molecule has 23 heavy (non-hydrogen) atoms. The number of hydrogen-bond donors (Lipinski definition) is 0. The van der Waals surface area contributed by atoms with Crippen LogP contribution in [0.1, 0.15) is 32.1 Å². The van der Waals surface area contributed by atoms with Gasteiger partial charge in [-0.05, 0) is 67.6 Å². The van der Waals surface area contributed by atoms with Crippen LogP contribution >= 0.6 is 0 Å². The van der Waals surface area contributed by atoms with E-state index in [0.717, 1.165) is 24.2 Å². The quantitative estimate of drug-likeness (QED) is 0.534. The van der Waals surface area contributed by atoms with Gasteiger partial charge >= 0.3 is 11.9 Å². The van der Waals surface area contributed by atoms with E-state index in [1.165, 1.54) is 37.8 Å². The molecular weight excluding hydrogens is 292 g/mol. The standard InChI is InChI=1S/C19H26O4/c1-3-17(20)22-8-7-12-5-6-15-13-9-14(11-23-18(21)4-2)16(10-13)19(12)15/h3-4,12-16,19H,1-2,5-11H2. The Hall–Kier alpha value is -1.58. The Kier molecular flexibility index (Phi) is 4.88. The first-order chi connectivity index (χ1) is 11.1. The van der Waals surface area contributed by atoms with E-state index in [1.807, 2.05) is 0 Å². The largest absolute Gasteiger partial charge is 0.463 e. The molecule has 6 atom stereocenters. The monoisotopic (exact) mass is 318 g/mol. The van der Waals surface area contributed by atoms with Crippen molar-refractivity contribution in [3.05, 3.63) is 25.3 Å². The van der Waals surface area contributed by atoms with Crippen LogP contribution < -0.4 is 0 Å². The number of carbonyl (C=O) groups excluding carboxylic acids is 2. The Morgan fingerprint density at radius 1 is 0.957 bits per heavy atom. The zero-order valence-corrected chi connectivity index (χ0v) is 13.6. The molecule has 0 radical (unpaired) electrons. The lowest BCUT2D eigenvalue weighted by atomic mass is 9.72. The second kappa shape index (κ2) is 6.90. The third-order valence-corrected chi connectivity index (χ3v) is 6.30. The van der Waals surface area contributed by atoms with E-state index in [1.54, 1.807) is 0 Å². The molecule has 3 fully saturated rings. The molecule has 0 aliphatic heterocycles. The van der Waals surface area contributed by atoms with Crippen molar-refractivity contribution in [3.63, 3.8) is 0 Å². The number of fused-ring (bicyclic) bond motifs is 5. The van der Waals surface area contributed by atoms with E-state index in [0.29, 0.717) is 31.0 Å².